The lowest BCUT2D eigenvalue weighted by atomic mass is 10.0. The Labute approximate surface area is 142 Å². The highest BCUT2D eigenvalue weighted by Gasteiger charge is 2.16. The Morgan fingerprint density at radius 3 is 2.67 bits per heavy atom. The van der Waals surface area contributed by atoms with Gasteiger partial charge in [-0.05, 0) is 18.1 Å². The van der Waals surface area contributed by atoms with E-state index in [9.17, 15) is 15.0 Å². The zero-order valence-corrected chi connectivity index (χ0v) is 13.8. The average Bonchev–Trinajstić information content (AvgIpc) is 3.21. The number of aryl methyl sites for hydroxylation is 1. The molecule has 0 aliphatic carbocycles. The zero-order valence-electron chi connectivity index (χ0n) is 13.0. The minimum absolute atomic E-state index is 0.00928. The number of aliphatic hydroxyl groups excluding tert-OH is 1. The predicted molar refractivity (Wildman–Crippen MR) is 92.0 cm³/mol. The number of thiazole rings is 1. The second-order valence-corrected chi connectivity index (χ2v) is 6.22. The molecule has 6 nitrogen and oxygen atoms in total. The summed E-state index contributed by atoms with van der Waals surface area (Å²) in [5.41, 5.74) is 4.87. The van der Waals surface area contributed by atoms with Gasteiger partial charge in [0.25, 0.3) is 5.91 Å². The molecule has 0 radical (unpaired) electrons. The van der Waals surface area contributed by atoms with Crippen LogP contribution in [0.1, 0.15) is 27.8 Å². The molecule has 0 fully saturated rings. The molecule has 2 aromatic heterocycles. The van der Waals surface area contributed by atoms with E-state index in [4.69, 9.17) is 0 Å². The van der Waals surface area contributed by atoms with Crippen molar-refractivity contribution < 1.29 is 15.0 Å². The first-order valence-electron chi connectivity index (χ1n) is 7.38. The van der Waals surface area contributed by atoms with Crippen LogP contribution in [-0.2, 0) is 0 Å². The third-order valence-corrected chi connectivity index (χ3v) is 4.70. The summed E-state index contributed by atoms with van der Waals surface area (Å²) in [5.74, 6) is -0.401. The molecule has 7 heteroatoms. The van der Waals surface area contributed by atoms with E-state index < -0.39 is 11.9 Å². The van der Waals surface area contributed by atoms with Gasteiger partial charge in [-0.2, -0.15) is 0 Å². The molecule has 0 unspecified atom stereocenters. The Morgan fingerprint density at radius 2 is 2.12 bits per heavy atom. The number of hydrogen-bond acceptors (Lipinski definition) is 5. The monoisotopic (exact) mass is 343 g/mol. The maximum absolute atomic E-state index is 12.1. The number of amides is 1. The van der Waals surface area contributed by atoms with Gasteiger partial charge in [0.05, 0.1) is 28.7 Å². The lowest BCUT2D eigenvalue weighted by Crippen LogP contribution is -2.30. The summed E-state index contributed by atoms with van der Waals surface area (Å²) in [4.78, 5) is 20.1. The van der Waals surface area contributed by atoms with Crippen molar-refractivity contribution in [2.75, 3.05) is 6.61 Å². The molecular weight excluding hydrogens is 326 g/mol. The van der Waals surface area contributed by atoms with Crippen LogP contribution >= 0.6 is 11.3 Å². The molecule has 0 saturated carbocycles. The topological polar surface area (TPSA) is 98.2 Å². The molecule has 4 N–H and O–H groups in total. The summed E-state index contributed by atoms with van der Waals surface area (Å²) in [6.07, 6.45) is 1.33. The molecule has 0 bridgehead atoms. The predicted octanol–water partition coefficient (Wildman–Crippen LogP) is 2.62. The van der Waals surface area contributed by atoms with Crippen LogP contribution in [0, 0.1) is 6.92 Å². The standard InChI is InChI=1S/C17H17N3O3S/c1-10-16(24-9-19-10)12-4-2-11(3-5-12)15(8-21)20-17(23)14-6-13(22)7-18-14/h2-7,9,15,18,21-22H,8H2,1H3,(H,20,23)/t15-/m0/s1. The fourth-order valence-electron chi connectivity index (χ4n) is 2.43. The van der Waals surface area contributed by atoms with Gasteiger partial charge < -0.3 is 20.5 Å². The Hall–Kier alpha value is -2.64. The van der Waals surface area contributed by atoms with Gasteiger partial charge in [-0.1, -0.05) is 24.3 Å². The van der Waals surface area contributed by atoms with Crippen molar-refractivity contribution in [3.8, 4) is 16.2 Å². The van der Waals surface area contributed by atoms with Gasteiger partial charge in [0.1, 0.15) is 11.4 Å². The Balaban J connectivity index is 1.76. The molecule has 24 heavy (non-hydrogen) atoms. The average molecular weight is 343 g/mol. The fourth-order valence-corrected chi connectivity index (χ4v) is 3.24. The zero-order chi connectivity index (χ0) is 17.1. The van der Waals surface area contributed by atoms with E-state index in [-0.39, 0.29) is 18.1 Å². The van der Waals surface area contributed by atoms with Crippen LogP contribution in [0.5, 0.6) is 5.75 Å². The molecule has 2 heterocycles. The van der Waals surface area contributed by atoms with E-state index in [0.717, 1.165) is 21.7 Å². The van der Waals surface area contributed by atoms with Crippen molar-refractivity contribution in [3.05, 3.63) is 59.0 Å². The van der Waals surface area contributed by atoms with Gasteiger partial charge in [0.15, 0.2) is 0 Å². The Bertz CT molecular complexity index is 839. The molecule has 1 amide bonds. The van der Waals surface area contributed by atoms with Gasteiger partial charge in [-0.25, -0.2) is 4.98 Å². The highest BCUT2D eigenvalue weighted by molar-refractivity contribution is 7.13. The second-order valence-electron chi connectivity index (χ2n) is 5.37. The number of nitrogens with one attached hydrogen (secondary N) is 2. The van der Waals surface area contributed by atoms with E-state index in [1.54, 1.807) is 16.8 Å². The van der Waals surface area contributed by atoms with Crippen molar-refractivity contribution in [1.29, 1.82) is 0 Å². The lowest BCUT2D eigenvalue weighted by molar-refractivity contribution is 0.0911. The maximum atomic E-state index is 12.1. The van der Waals surface area contributed by atoms with Gasteiger partial charge in [-0.3, -0.25) is 4.79 Å². The van der Waals surface area contributed by atoms with E-state index in [1.165, 1.54) is 12.3 Å². The number of aliphatic hydroxyl groups is 1. The van der Waals surface area contributed by atoms with Crippen molar-refractivity contribution in [2.45, 2.75) is 13.0 Å². The summed E-state index contributed by atoms with van der Waals surface area (Å²) in [5, 5.41) is 21.6. The molecule has 1 aromatic carbocycles. The summed E-state index contributed by atoms with van der Waals surface area (Å²) < 4.78 is 0. The van der Waals surface area contributed by atoms with Crippen LogP contribution in [0.3, 0.4) is 0 Å². The number of carbonyl (C=O) groups excluding carboxylic acids is 1. The second kappa shape index (κ2) is 6.86. The SMILES string of the molecule is Cc1ncsc1-c1ccc([C@H](CO)NC(=O)c2cc(O)c[nH]2)cc1. The first kappa shape index (κ1) is 16.2. The molecule has 0 aliphatic heterocycles. The number of hydrogen-bond donors (Lipinski definition) is 4. The molecule has 1 atom stereocenters. The van der Waals surface area contributed by atoms with E-state index in [2.05, 4.69) is 15.3 Å². The largest absolute Gasteiger partial charge is 0.506 e. The molecule has 0 spiro atoms. The summed E-state index contributed by atoms with van der Waals surface area (Å²) in [7, 11) is 0. The summed E-state index contributed by atoms with van der Waals surface area (Å²) >= 11 is 1.57. The first-order valence-corrected chi connectivity index (χ1v) is 8.26. The van der Waals surface area contributed by atoms with E-state index >= 15 is 0 Å². The number of nitrogens with zero attached hydrogens (tertiary/aromatic N) is 1. The van der Waals surface area contributed by atoms with E-state index in [1.807, 2.05) is 31.2 Å². The van der Waals surface area contributed by atoms with Gasteiger partial charge in [0.2, 0.25) is 0 Å². The third kappa shape index (κ3) is 3.32. The van der Waals surface area contributed by atoms with Crippen LogP contribution in [0.2, 0.25) is 0 Å². The number of aromatic amines is 1. The third-order valence-electron chi connectivity index (χ3n) is 3.72. The minimum Gasteiger partial charge on any atom is -0.506 e. The highest BCUT2D eigenvalue weighted by Crippen LogP contribution is 2.28. The Morgan fingerprint density at radius 1 is 1.38 bits per heavy atom. The number of aromatic nitrogens is 2. The Kier molecular flexibility index (Phi) is 4.64. The molecule has 0 aliphatic rings. The van der Waals surface area contributed by atoms with Crippen LogP contribution in [0.25, 0.3) is 10.4 Å². The van der Waals surface area contributed by atoms with Crippen molar-refractivity contribution in [2.24, 2.45) is 0 Å². The summed E-state index contributed by atoms with van der Waals surface area (Å²) in [6, 6.07) is 8.46. The normalized spacial score (nSPS) is 12.1. The van der Waals surface area contributed by atoms with Crippen LogP contribution < -0.4 is 5.32 Å². The number of aromatic hydroxyl groups is 1. The van der Waals surface area contributed by atoms with Gasteiger partial charge in [0, 0.05) is 12.3 Å². The van der Waals surface area contributed by atoms with Crippen molar-refractivity contribution >= 4 is 17.2 Å². The molecule has 3 aromatic rings. The van der Waals surface area contributed by atoms with Crippen molar-refractivity contribution in [1.82, 2.24) is 15.3 Å². The smallest absolute Gasteiger partial charge is 0.268 e. The molecule has 0 saturated heterocycles. The summed E-state index contributed by atoms with van der Waals surface area (Å²) in [6.45, 7) is 1.74. The maximum Gasteiger partial charge on any atom is 0.268 e. The first-order chi connectivity index (χ1) is 11.6. The lowest BCUT2D eigenvalue weighted by Gasteiger charge is -2.16. The molecule has 124 valence electrons. The van der Waals surface area contributed by atoms with Crippen molar-refractivity contribution in [3.63, 3.8) is 0 Å². The highest BCUT2D eigenvalue weighted by atomic mass is 32.1. The number of rotatable bonds is 5. The van der Waals surface area contributed by atoms with Crippen LogP contribution in [0.4, 0.5) is 0 Å². The van der Waals surface area contributed by atoms with Crippen LogP contribution in [-0.4, -0.2) is 32.7 Å². The number of H-pyrrole nitrogens is 1. The molecular formula is C17H17N3O3S. The van der Waals surface area contributed by atoms with Gasteiger partial charge in [-0.15, -0.1) is 11.3 Å². The quantitative estimate of drug-likeness (QED) is 0.572. The van der Waals surface area contributed by atoms with Crippen LogP contribution in [0.15, 0.2) is 42.0 Å². The molecule has 3 rings (SSSR count). The van der Waals surface area contributed by atoms with E-state index in [0.29, 0.717) is 0 Å². The number of benzene rings is 1. The fraction of sp³-hybridized carbons (Fsp3) is 0.176. The minimum atomic E-state index is -0.528. The van der Waals surface area contributed by atoms with Gasteiger partial charge >= 0.3 is 0 Å². The number of carbonyl (C=O) groups is 1.